The lowest BCUT2D eigenvalue weighted by atomic mass is 10.1. The van der Waals surface area contributed by atoms with Gasteiger partial charge in [-0.05, 0) is 27.7 Å². The Morgan fingerprint density at radius 3 is 2.56 bits per heavy atom. The SMILES string of the molecule is CCNc1cc(COC)nc(C(C)(C)OCC)n1. The van der Waals surface area contributed by atoms with Gasteiger partial charge in [0.1, 0.15) is 11.4 Å². The maximum Gasteiger partial charge on any atom is 0.162 e. The summed E-state index contributed by atoms with van der Waals surface area (Å²) in [6.07, 6.45) is 0. The maximum atomic E-state index is 5.69. The first-order valence-electron chi connectivity index (χ1n) is 6.28. The van der Waals surface area contributed by atoms with Crippen LogP contribution in [0.25, 0.3) is 0 Å². The van der Waals surface area contributed by atoms with Gasteiger partial charge in [0.05, 0.1) is 12.3 Å². The number of rotatable bonds is 7. The smallest absolute Gasteiger partial charge is 0.162 e. The van der Waals surface area contributed by atoms with Gasteiger partial charge in [-0.25, -0.2) is 9.97 Å². The van der Waals surface area contributed by atoms with Crippen LogP contribution in [-0.2, 0) is 21.7 Å². The van der Waals surface area contributed by atoms with E-state index in [1.54, 1.807) is 7.11 Å². The molecule has 1 N–H and O–H groups in total. The Morgan fingerprint density at radius 1 is 1.28 bits per heavy atom. The molecule has 5 heteroatoms. The average molecular weight is 253 g/mol. The van der Waals surface area contributed by atoms with Gasteiger partial charge < -0.3 is 14.8 Å². The third-order valence-corrected chi connectivity index (χ3v) is 2.47. The molecule has 0 saturated heterocycles. The van der Waals surface area contributed by atoms with Crippen molar-refractivity contribution in [2.24, 2.45) is 0 Å². The van der Waals surface area contributed by atoms with Crippen LogP contribution in [0.1, 0.15) is 39.2 Å². The summed E-state index contributed by atoms with van der Waals surface area (Å²) in [6.45, 7) is 9.85. The Hall–Kier alpha value is -1.20. The van der Waals surface area contributed by atoms with E-state index in [0.717, 1.165) is 18.1 Å². The van der Waals surface area contributed by atoms with Gasteiger partial charge in [0, 0.05) is 26.3 Å². The number of hydrogen-bond acceptors (Lipinski definition) is 5. The van der Waals surface area contributed by atoms with Crippen molar-refractivity contribution in [3.05, 3.63) is 17.6 Å². The molecular formula is C13H23N3O2. The van der Waals surface area contributed by atoms with E-state index >= 15 is 0 Å². The normalized spacial score (nSPS) is 11.6. The summed E-state index contributed by atoms with van der Waals surface area (Å²) >= 11 is 0. The molecule has 0 unspecified atom stereocenters. The van der Waals surface area contributed by atoms with Crippen LogP contribution in [0, 0.1) is 0 Å². The highest BCUT2D eigenvalue weighted by molar-refractivity contribution is 5.36. The van der Waals surface area contributed by atoms with Gasteiger partial charge in [-0.3, -0.25) is 0 Å². The monoisotopic (exact) mass is 253 g/mol. The van der Waals surface area contributed by atoms with E-state index in [4.69, 9.17) is 9.47 Å². The fraction of sp³-hybridized carbons (Fsp3) is 0.692. The zero-order valence-electron chi connectivity index (χ0n) is 11.9. The van der Waals surface area contributed by atoms with Crippen molar-refractivity contribution >= 4 is 5.82 Å². The lowest BCUT2D eigenvalue weighted by Gasteiger charge is -2.24. The average Bonchev–Trinajstić information content (AvgIpc) is 2.29. The summed E-state index contributed by atoms with van der Waals surface area (Å²) in [4.78, 5) is 8.99. The largest absolute Gasteiger partial charge is 0.378 e. The summed E-state index contributed by atoms with van der Waals surface area (Å²) in [5, 5.41) is 3.20. The number of nitrogens with one attached hydrogen (secondary N) is 1. The van der Waals surface area contributed by atoms with Crippen molar-refractivity contribution < 1.29 is 9.47 Å². The Labute approximate surface area is 109 Å². The second kappa shape index (κ2) is 6.66. The fourth-order valence-electron chi connectivity index (χ4n) is 1.69. The molecule has 0 atom stereocenters. The third kappa shape index (κ3) is 3.92. The van der Waals surface area contributed by atoms with Gasteiger partial charge >= 0.3 is 0 Å². The van der Waals surface area contributed by atoms with E-state index in [1.165, 1.54) is 0 Å². The molecule has 5 nitrogen and oxygen atoms in total. The molecule has 0 aromatic carbocycles. The molecule has 0 amide bonds. The number of nitrogens with zero attached hydrogens (tertiary/aromatic N) is 2. The van der Waals surface area contributed by atoms with Crippen molar-refractivity contribution in [1.82, 2.24) is 9.97 Å². The standard InChI is InChI=1S/C13H23N3O2/c1-6-14-11-8-10(9-17-5)15-12(16-11)13(3,4)18-7-2/h8H,6-7,9H2,1-5H3,(H,14,15,16). The summed E-state index contributed by atoms with van der Waals surface area (Å²) in [7, 11) is 1.66. The molecule has 0 aliphatic heterocycles. The molecule has 1 aromatic rings. The van der Waals surface area contributed by atoms with Gasteiger partial charge in [-0.2, -0.15) is 0 Å². The zero-order chi connectivity index (χ0) is 13.6. The van der Waals surface area contributed by atoms with Crippen LogP contribution in [0.3, 0.4) is 0 Å². The van der Waals surface area contributed by atoms with Gasteiger partial charge in [0.25, 0.3) is 0 Å². The number of methoxy groups -OCH3 is 1. The van der Waals surface area contributed by atoms with Crippen LogP contribution < -0.4 is 5.32 Å². The summed E-state index contributed by atoms with van der Waals surface area (Å²) < 4.78 is 10.8. The van der Waals surface area contributed by atoms with Crippen molar-refractivity contribution in [1.29, 1.82) is 0 Å². The Kier molecular flexibility index (Phi) is 5.50. The number of hydrogen-bond donors (Lipinski definition) is 1. The highest BCUT2D eigenvalue weighted by Gasteiger charge is 2.25. The van der Waals surface area contributed by atoms with Crippen LogP contribution in [0.15, 0.2) is 6.07 Å². The molecule has 0 bridgehead atoms. The van der Waals surface area contributed by atoms with E-state index in [2.05, 4.69) is 15.3 Å². The fourth-order valence-corrected chi connectivity index (χ4v) is 1.69. The van der Waals surface area contributed by atoms with Gasteiger partial charge in [0.15, 0.2) is 5.82 Å². The van der Waals surface area contributed by atoms with E-state index < -0.39 is 5.60 Å². The van der Waals surface area contributed by atoms with Gasteiger partial charge in [0.2, 0.25) is 0 Å². The van der Waals surface area contributed by atoms with E-state index in [-0.39, 0.29) is 0 Å². The summed E-state index contributed by atoms with van der Waals surface area (Å²) in [6, 6.07) is 1.90. The zero-order valence-corrected chi connectivity index (χ0v) is 11.9. The van der Waals surface area contributed by atoms with Crippen LogP contribution in [0.4, 0.5) is 5.82 Å². The predicted octanol–water partition coefficient (Wildman–Crippen LogP) is 2.33. The Balaban J connectivity index is 3.09. The van der Waals surface area contributed by atoms with Crippen molar-refractivity contribution in [2.45, 2.75) is 39.9 Å². The molecule has 1 rings (SSSR count). The third-order valence-electron chi connectivity index (χ3n) is 2.47. The molecule has 0 radical (unpaired) electrons. The maximum absolute atomic E-state index is 5.69. The number of aromatic nitrogens is 2. The minimum Gasteiger partial charge on any atom is -0.378 e. The van der Waals surface area contributed by atoms with E-state index in [9.17, 15) is 0 Å². The molecule has 102 valence electrons. The Bertz CT molecular complexity index is 356. The topological polar surface area (TPSA) is 56.3 Å². The van der Waals surface area contributed by atoms with Gasteiger partial charge in [-0.15, -0.1) is 0 Å². The van der Waals surface area contributed by atoms with Crippen molar-refractivity contribution in [3.8, 4) is 0 Å². The lowest BCUT2D eigenvalue weighted by molar-refractivity contribution is -0.0210. The lowest BCUT2D eigenvalue weighted by Crippen LogP contribution is -2.26. The Morgan fingerprint density at radius 2 is 2.00 bits per heavy atom. The van der Waals surface area contributed by atoms with Crippen molar-refractivity contribution in [3.63, 3.8) is 0 Å². The highest BCUT2D eigenvalue weighted by Crippen LogP contribution is 2.23. The quantitative estimate of drug-likeness (QED) is 0.808. The summed E-state index contributed by atoms with van der Waals surface area (Å²) in [5.41, 5.74) is 0.356. The molecule has 1 heterocycles. The first-order valence-corrected chi connectivity index (χ1v) is 6.28. The molecular weight excluding hydrogens is 230 g/mol. The van der Waals surface area contributed by atoms with Gasteiger partial charge in [-0.1, -0.05) is 0 Å². The molecule has 0 spiro atoms. The molecule has 1 aromatic heterocycles. The van der Waals surface area contributed by atoms with E-state index in [0.29, 0.717) is 19.0 Å². The molecule has 0 aliphatic carbocycles. The second-order valence-corrected chi connectivity index (χ2v) is 4.47. The highest BCUT2D eigenvalue weighted by atomic mass is 16.5. The minimum absolute atomic E-state index is 0.468. The van der Waals surface area contributed by atoms with Crippen LogP contribution >= 0.6 is 0 Å². The predicted molar refractivity (Wildman–Crippen MR) is 71.6 cm³/mol. The first kappa shape index (κ1) is 14.9. The summed E-state index contributed by atoms with van der Waals surface area (Å²) in [5.74, 6) is 1.48. The van der Waals surface area contributed by atoms with Crippen molar-refractivity contribution in [2.75, 3.05) is 25.6 Å². The molecule has 0 aliphatic rings. The molecule has 0 fully saturated rings. The number of ether oxygens (including phenoxy) is 2. The van der Waals surface area contributed by atoms with Crippen LogP contribution in [0.5, 0.6) is 0 Å². The van der Waals surface area contributed by atoms with E-state index in [1.807, 2.05) is 33.8 Å². The minimum atomic E-state index is -0.497. The van der Waals surface area contributed by atoms with Crippen LogP contribution in [-0.4, -0.2) is 30.2 Å². The molecule has 18 heavy (non-hydrogen) atoms. The second-order valence-electron chi connectivity index (χ2n) is 4.47. The molecule has 0 saturated carbocycles. The number of anilines is 1. The van der Waals surface area contributed by atoms with Crippen LogP contribution in [0.2, 0.25) is 0 Å². The first-order chi connectivity index (χ1) is 8.53.